The molecule has 1 N–H and O–H groups in total. The largest absolute Gasteiger partial charge is 0.363 e. The van der Waals surface area contributed by atoms with E-state index in [-0.39, 0.29) is 6.04 Å². The van der Waals surface area contributed by atoms with Crippen molar-refractivity contribution in [2.75, 3.05) is 5.32 Å². The predicted octanol–water partition coefficient (Wildman–Crippen LogP) is 3.92. The van der Waals surface area contributed by atoms with E-state index in [0.29, 0.717) is 0 Å². The zero-order chi connectivity index (χ0) is 13.1. The minimum atomic E-state index is 0.177. The van der Waals surface area contributed by atoms with Gasteiger partial charge in [-0.1, -0.05) is 23.7 Å². The molecule has 1 aromatic carbocycles. The number of anilines is 1. The molecule has 4 heteroatoms. The van der Waals surface area contributed by atoms with Gasteiger partial charge in [0.15, 0.2) is 0 Å². The van der Waals surface area contributed by atoms with E-state index in [1.807, 2.05) is 44.2 Å². The van der Waals surface area contributed by atoms with Crippen molar-refractivity contribution in [3.63, 3.8) is 0 Å². The average molecular weight is 262 g/mol. The van der Waals surface area contributed by atoms with Gasteiger partial charge in [-0.2, -0.15) is 0 Å². The molecule has 0 aliphatic carbocycles. The number of aromatic nitrogens is 2. The molecule has 2 aromatic rings. The first-order valence-electron chi connectivity index (χ1n) is 5.89. The molecule has 2 rings (SSSR count). The van der Waals surface area contributed by atoms with Gasteiger partial charge in [-0.25, -0.2) is 9.97 Å². The third kappa shape index (κ3) is 3.20. The van der Waals surface area contributed by atoms with Gasteiger partial charge in [0.05, 0.1) is 0 Å². The van der Waals surface area contributed by atoms with Crippen LogP contribution in [0, 0.1) is 13.8 Å². The molecule has 1 atom stereocenters. The number of halogens is 1. The average Bonchev–Trinajstić information content (AvgIpc) is 2.28. The predicted molar refractivity (Wildman–Crippen MR) is 75.0 cm³/mol. The molecular formula is C14H16ClN3. The molecule has 0 saturated heterocycles. The first kappa shape index (κ1) is 12.8. The van der Waals surface area contributed by atoms with Crippen LogP contribution >= 0.6 is 11.6 Å². The Labute approximate surface area is 112 Å². The molecular weight excluding hydrogens is 246 g/mol. The highest BCUT2D eigenvalue weighted by Gasteiger charge is 2.06. The maximum absolute atomic E-state index is 5.88. The molecule has 0 fully saturated rings. The van der Waals surface area contributed by atoms with E-state index in [0.717, 1.165) is 22.4 Å². The number of nitrogens with one attached hydrogen (secondary N) is 1. The van der Waals surface area contributed by atoms with Crippen LogP contribution in [0.15, 0.2) is 30.3 Å². The number of benzene rings is 1. The first-order valence-corrected chi connectivity index (χ1v) is 6.26. The highest BCUT2D eigenvalue weighted by atomic mass is 35.5. The molecule has 94 valence electrons. The summed E-state index contributed by atoms with van der Waals surface area (Å²) >= 11 is 5.88. The number of hydrogen-bond donors (Lipinski definition) is 1. The number of rotatable bonds is 3. The van der Waals surface area contributed by atoms with Crippen LogP contribution in [0.1, 0.15) is 30.0 Å². The molecule has 1 heterocycles. The summed E-state index contributed by atoms with van der Waals surface area (Å²) in [6.45, 7) is 5.95. The summed E-state index contributed by atoms with van der Waals surface area (Å²) in [5.41, 5.74) is 2.14. The van der Waals surface area contributed by atoms with E-state index < -0.39 is 0 Å². The molecule has 0 amide bonds. The van der Waals surface area contributed by atoms with Crippen molar-refractivity contribution >= 4 is 17.4 Å². The minimum absolute atomic E-state index is 0.177. The van der Waals surface area contributed by atoms with Gasteiger partial charge in [-0.15, -0.1) is 0 Å². The Balaban J connectivity index is 2.15. The molecule has 0 bridgehead atoms. The second kappa shape index (κ2) is 5.36. The molecule has 18 heavy (non-hydrogen) atoms. The molecule has 0 aliphatic heterocycles. The van der Waals surface area contributed by atoms with Crippen LogP contribution in [0.5, 0.6) is 0 Å². The zero-order valence-corrected chi connectivity index (χ0v) is 11.5. The molecule has 0 saturated carbocycles. The van der Waals surface area contributed by atoms with E-state index in [2.05, 4.69) is 22.2 Å². The summed E-state index contributed by atoms with van der Waals surface area (Å²) in [6, 6.07) is 9.94. The quantitative estimate of drug-likeness (QED) is 0.910. The monoisotopic (exact) mass is 261 g/mol. The highest BCUT2D eigenvalue weighted by molar-refractivity contribution is 6.30. The van der Waals surface area contributed by atoms with Crippen molar-refractivity contribution in [1.29, 1.82) is 0 Å². The van der Waals surface area contributed by atoms with Gasteiger partial charge < -0.3 is 5.32 Å². The molecule has 3 nitrogen and oxygen atoms in total. The fourth-order valence-corrected chi connectivity index (χ4v) is 1.97. The SMILES string of the molecule is Cc1cc(NC(C)c2ccc(Cl)cc2)nc(C)n1. The fraction of sp³-hybridized carbons (Fsp3) is 0.286. The Morgan fingerprint density at radius 1 is 1.11 bits per heavy atom. The van der Waals surface area contributed by atoms with Crippen LogP contribution in [0.3, 0.4) is 0 Å². The van der Waals surface area contributed by atoms with Gasteiger partial charge in [0.2, 0.25) is 0 Å². The standard InChI is InChI=1S/C14H16ClN3/c1-9-8-14(18-11(3)16-9)17-10(2)12-4-6-13(15)7-5-12/h4-8,10H,1-3H3,(H,16,17,18). The molecule has 0 spiro atoms. The lowest BCUT2D eigenvalue weighted by molar-refractivity contribution is 0.864. The van der Waals surface area contributed by atoms with Crippen molar-refractivity contribution in [1.82, 2.24) is 9.97 Å². The van der Waals surface area contributed by atoms with Gasteiger partial charge in [0.25, 0.3) is 0 Å². The normalized spacial score (nSPS) is 12.2. The Kier molecular flexibility index (Phi) is 3.82. The Morgan fingerprint density at radius 2 is 1.78 bits per heavy atom. The number of hydrogen-bond acceptors (Lipinski definition) is 3. The van der Waals surface area contributed by atoms with Crippen molar-refractivity contribution in [2.24, 2.45) is 0 Å². The van der Waals surface area contributed by atoms with Crippen LogP contribution < -0.4 is 5.32 Å². The lowest BCUT2D eigenvalue weighted by atomic mass is 10.1. The van der Waals surface area contributed by atoms with Gasteiger partial charge in [0, 0.05) is 22.8 Å². The Hall–Kier alpha value is -1.61. The summed E-state index contributed by atoms with van der Waals surface area (Å²) in [7, 11) is 0. The number of aryl methyl sites for hydroxylation is 2. The van der Waals surface area contributed by atoms with Crippen molar-refractivity contribution in [3.8, 4) is 0 Å². The summed E-state index contributed by atoms with van der Waals surface area (Å²) < 4.78 is 0. The van der Waals surface area contributed by atoms with Crippen LogP contribution in [0.2, 0.25) is 5.02 Å². The van der Waals surface area contributed by atoms with Crippen molar-refractivity contribution in [2.45, 2.75) is 26.8 Å². The van der Waals surface area contributed by atoms with Gasteiger partial charge in [-0.3, -0.25) is 0 Å². The smallest absolute Gasteiger partial charge is 0.130 e. The second-order valence-corrected chi connectivity index (χ2v) is 4.80. The summed E-state index contributed by atoms with van der Waals surface area (Å²) in [6.07, 6.45) is 0. The van der Waals surface area contributed by atoms with Gasteiger partial charge in [0.1, 0.15) is 11.6 Å². The topological polar surface area (TPSA) is 37.8 Å². The second-order valence-electron chi connectivity index (χ2n) is 4.36. The van der Waals surface area contributed by atoms with E-state index in [9.17, 15) is 0 Å². The van der Waals surface area contributed by atoms with E-state index in [1.165, 1.54) is 5.56 Å². The lowest BCUT2D eigenvalue weighted by Gasteiger charge is -2.15. The van der Waals surface area contributed by atoms with Crippen LogP contribution in [-0.2, 0) is 0 Å². The fourth-order valence-electron chi connectivity index (χ4n) is 1.85. The van der Waals surface area contributed by atoms with E-state index in [1.54, 1.807) is 0 Å². The molecule has 0 radical (unpaired) electrons. The maximum Gasteiger partial charge on any atom is 0.130 e. The zero-order valence-electron chi connectivity index (χ0n) is 10.7. The lowest BCUT2D eigenvalue weighted by Crippen LogP contribution is -2.09. The molecule has 0 aliphatic rings. The van der Waals surface area contributed by atoms with E-state index >= 15 is 0 Å². The van der Waals surface area contributed by atoms with Crippen LogP contribution in [0.25, 0.3) is 0 Å². The van der Waals surface area contributed by atoms with Crippen molar-refractivity contribution in [3.05, 3.63) is 52.4 Å². The summed E-state index contributed by atoms with van der Waals surface area (Å²) in [5, 5.41) is 4.11. The molecule has 1 unspecified atom stereocenters. The van der Waals surface area contributed by atoms with Crippen LogP contribution in [0.4, 0.5) is 5.82 Å². The van der Waals surface area contributed by atoms with E-state index in [4.69, 9.17) is 11.6 Å². The Morgan fingerprint density at radius 3 is 2.39 bits per heavy atom. The molecule has 1 aromatic heterocycles. The van der Waals surface area contributed by atoms with Crippen molar-refractivity contribution < 1.29 is 0 Å². The van der Waals surface area contributed by atoms with Crippen LogP contribution in [-0.4, -0.2) is 9.97 Å². The van der Waals surface area contributed by atoms with Gasteiger partial charge in [-0.05, 0) is 38.5 Å². The Bertz CT molecular complexity index is 517. The third-order valence-corrected chi connectivity index (χ3v) is 2.95. The number of nitrogens with zero attached hydrogens (tertiary/aromatic N) is 2. The van der Waals surface area contributed by atoms with Gasteiger partial charge >= 0.3 is 0 Å². The maximum atomic E-state index is 5.88. The first-order chi connectivity index (χ1) is 8.54. The highest BCUT2D eigenvalue weighted by Crippen LogP contribution is 2.20. The minimum Gasteiger partial charge on any atom is -0.363 e. The summed E-state index contributed by atoms with van der Waals surface area (Å²) in [5.74, 6) is 1.63. The summed E-state index contributed by atoms with van der Waals surface area (Å²) in [4.78, 5) is 8.63. The third-order valence-electron chi connectivity index (χ3n) is 2.70.